The van der Waals surface area contributed by atoms with Crippen LogP contribution in [0.3, 0.4) is 0 Å². The number of rotatable bonds is 9. The van der Waals surface area contributed by atoms with Gasteiger partial charge < -0.3 is 14.2 Å². The van der Waals surface area contributed by atoms with Gasteiger partial charge in [0.2, 0.25) is 0 Å². The molecule has 0 spiro atoms. The number of ether oxygens (including phenoxy) is 3. The van der Waals surface area contributed by atoms with Gasteiger partial charge in [-0.05, 0) is 55.7 Å². The first-order chi connectivity index (χ1) is 19.5. The van der Waals surface area contributed by atoms with Crippen molar-refractivity contribution in [2.45, 2.75) is 33.4 Å². The minimum absolute atomic E-state index is 0.228. The fourth-order valence-electron chi connectivity index (χ4n) is 4.63. The van der Waals surface area contributed by atoms with E-state index in [0.717, 1.165) is 16.7 Å². The first-order valence-corrected chi connectivity index (χ1v) is 14.0. The van der Waals surface area contributed by atoms with Crippen LogP contribution in [-0.4, -0.2) is 23.8 Å². The number of esters is 1. The molecule has 0 radical (unpaired) electrons. The van der Waals surface area contributed by atoms with Gasteiger partial charge in [0.1, 0.15) is 6.61 Å². The maximum atomic E-state index is 13.8. The lowest BCUT2D eigenvalue weighted by atomic mass is 9.96. The third-order valence-electron chi connectivity index (χ3n) is 6.43. The summed E-state index contributed by atoms with van der Waals surface area (Å²) < 4.78 is 19.3. The molecule has 4 aromatic rings. The number of aromatic nitrogens is 1. The van der Waals surface area contributed by atoms with Gasteiger partial charge in [-0.25, -0.2) is 9.79 Å². The highest BCUT2D eigenvalue weighted by molar-refractivity contribution is 7.07. The minimum atomic E-state index is -0.633. The summed E-state index contributed by atoms with van der Waals surface area (Å²) in [5, 5.41) is 0. The average molecular weight is 555 g/mol. The third kappa shape index (κ3) is 5.62. The number of carbonyl (C=O) groups is 1. The van der Waals surface area contributed by atoms with Crippen molar-refractivity contribution in [2.75, 3.05) is 13.2 Å². The quantitative estimate of drug-likeness (QED) is 0.279. The Morgan fingerprint density at radius 2 is 1.68 bits per heavy atom. The lowest BCUT2D eigenvalue weighted by molar-refractivity contribution is -0.139. The normalized spacial score (nSPS) is 14.9. The van der Waals surface area contributed by atoms with Crippen molar-refractivity contribution >= 4 is 23.4 Å². The molecule has 0 saturated carbocycles. The van der Waals surface area contributed by atoms with Crippen molar-refractivity contribution in [3.63, 3.8) is 0 Å². The second kappa shape index (κ2) is 12.2. The van der Waals surface area contributed by atoms with E-state index in [9.17, 15) is 9.59 Å². The summed E-state index contributed by atoms with van der Waals surface area (Å²) in [6.45, 7) is 6.57. The third-order valence-corrected chi connectivity index (χ3v) is 7.42. The zero-order chi connectivity index (χ0) is 28.1. The summed E-state index contributed by atoms with van der Waals surface area (Å²) in [6.07, 6.45) is 1.82. The van der Waals surface area contributed by atoms with Crippen LogP contribution in [0.1, 0.15) is 43.5 Å². The van der Waals surface area contributed by atoms with Crippen molar-refractivity contribution < 1.29 is 19.0 Å². The summed E-state index contributed by atoms with van der Waals surface area (Å²) in [5.41, 5.74) is 3.34. The molecule has 0 bridgehead atoms. The van der Waals surface area contributed by atoms with E-state index in [4.69, 9.17) is 14.2 Å². The number of fused-ring (bicyclic) bond motifs is 1. The van der Waals surface area contributed by atoms with E-state index in [1.807, 2.05) is 91.9 Å². The highest BCUT2D eigenvalue weighted by atomic mass is 32.1. The van der Waals surface area contributed by atoms with E-state index in [0.29, 0.717) is 45.3 Å². The van der Waals surface area contributed by atoms with Gasteiger partial charge in [-0.15, -0.1) is 0 Å². The molecule has 7 nitrogen and oxygen atoms in total. The predicted octanol–water partition coefficient (Wildman–Crippen LogP) is 4.78. The second-order valence-electron chi connectivity index (χ2n) is 9.13. The number of hydrogen-bond donors (Lipinski definition) is 0. The van der Waals surface area contributed by atoms with Gasteiger partial charge in [0.05, 0.1) is 35.1 Å². The molecule has 0 aliphatic carbocycles. The van der Waals surface area contributed by atoms with Gasteiger partial charge >= 0.3 is 5.97 Å². The summed E-state index contributed by atoms with van der Waals surface area (Å²) in [7, 11) is 0. The Labute approximate surface area is 236 Å². The van der Waals surface area contributed by atoms with E-state index >= 15 is 0 Å². The van der Waals surface area contributed by atoms with E-state index in [-0.39, 0.29) is 12.2 Å². The topological polar surface area (TPSA) is 79.1 Å². The molecule has 1 aromatic heterocycles. The molecule has 1 aliphatic heterocycles. The number of allylic oxidation sites excluding steroid dienone is 1. The lowest BCUT2D eigenvalue weighted by Crippen LogP contribution is -2.39. The van der Waals surface area contributed by atoms with E-state index in [1.54, 1.807) is 18.4 Å². The predicted molar refractivity (Wildman–Crippen MR) is 155 cm³/mol. The van der Waals surface area contributed by atoms with E-state index < -0.39 is 12.0 Å². The SMILES string of the molecule is CCOC(=O)C1=C(C)N=c2s/c(=C\c3ccc(OCc4ccccc4)c(OCC)c3)c(=O)n2[C@@H]1c1ccccc1. The van der Waals surface area contributed by atoms with Gasteiger partial charge in [-0.3, -0.25) is 9.36 Å². The molecule has 0 saturated heterocycles. The second-order valence-corrected chi connectivity index (χ2v) is 10.1. The smallest absolute Gasteiger partial charge is 0.338 e. The fourth-order valence-corrected chi connectivity index (χ4v) is 5.68. The molecule has 0 unspecified atom stereocenters. The van der Waals surface area contributed by atoms with Crippen molar-refractivity contribution in [3.05, 3.63) is 127 Å². The number of nitrogens with zero attached hydrogens (tertiary/aromatic N) is 2. The highest BCUT2D eigenvalue weighted by Gasteiger charge is 2.33. The summed E-state index contributed by atoms with van der Waals surface area (Å²) in [6, 6.07) is 24.4. The molecule has 40 heavy (non-hydrogen) atoms. The van der Waals surface area contributed by atoms with Crippen LogP contribution >= 0.6 is 11.3 Å². The van der Waals surface area contributed by atoms with Crippen LogP contribution in [0.4, 0.5) is 0 Å². The Morgan fingerprint density at radius 1 is 0.950 bits per heavy atom. The van der Waals surface area contributed by atoms with Gasteiger partial charge in [-0.1, -0.05) is 78.1 Å². The number of hydrogen-bond acceptors (Lipinski definition) is 7. The van der Waals surface area contributed by atoms with Crippen LogP contribution in [0.5, 0.6) is 11.5 Å². The molecule has 0 amide bonds. The van der Waals surface area contributed by atoms with Crippen molar-refractivity contribution in [1.29, 1.82) is 0 Å². The zero-order valence-corrected chi connectivity index (χ0v) is 23.4. The maximum Gasteiger partial charge on any atom is 0.338 e. The summed E-state index contributed by atoms with van der Waals surface area (Å²) in [4.78, 5) is 32.0. The zero-order valence-electron chi connectivity index (χ0n) is 22.6. The fraction of sp³-hybridized carbons (Fsp3) is 0.219. The Morgan fingerprint density at radius 3 is 2.38 bits per heavy atom. The molecule has 1 aliphatic rings. The molecule has 0 N–H and O–H groups in total. The molecular formula is C32H30N2O5S. The Kier molecular flexibility index (Phi) is 8.26. The molecule has 204 valence electrons. The molecule has 2 heterocycles. The minimum Gasteiger partial charge on any atom is -0.490 e. The molecule has 8 heteroatoms. The average Bonchev–Trinajstić information content (AvgIpc) is 3.27. The monoisotopic (exact) mass is 554 g/mol. The van der Waals surface area contributed by atoms with Crippen LogP contribution in [0, 0.1) is 0 Å². The molecule has 5 rings (SSSR count). The summed E-state index contributed by atoms with van der Waals surface area (Å²) >= 11 is 1.29. The number of carbonyl (C=O) groups excluding carboxylic acids is 1. The molecule has 3 aromatic carbocycles. The Balaban J connectivity index is 1.55. The van der Waals surface area contributed by atoms with Crippen LogP contribution in [-0.2, 0) is 16.1 Å². The van der Waals surface area contributed by atoms with Crippen LogP contribution in [0.25, 0.3) is 6.08 Å². The van der Waals surface area contributed by atoms with Crippen molar-refractivity contribution in [1.82, 2.24) is 4.57 Å². The van der Waals surface area contributed by atoms with Crippen LogP contribution in [0.15, 0.2) is 99.9 Å². The van der Waals surface area contributed by atoms with Crippen molar-refractivity contribution in [2.24, 2.45) is 4.99 Å². The first-order valence-electron chi connectivity index (χ1n) is 13.2. The van der Waals surface area contributed by atoms with Gasteiger partial charge in [0, 0.05) is 0 Å². The largest absolute Gasteiger partial charge is 0.490 e. The van der Waals surface area contributed by atoms with Gasteiger partial charge in [0.15, 0.2) is 16.3 Å². The molecule has 1 atom stereocenters. The van der Waals surface area contributed by atoms with Gasteiger partial charge in [0.25, 0.3) is 5.56 Å². The molecule has 0 fully saturated rings. The van der Waals surface area contributed by atoms with E-state index in [2.05, 4.69) is 4.99 Å². The number of benzene rings is 3. The summed E-state index contributed by atoms with van der Waals surface area (Å²) in [5.74, 6) is 0.755. The standard InChI is InChI=1S/C32H30N2O5S/c1-4-37-26-18-23(16-17-25(26)39-20-22-12-8-6-9-13-22)19-27-30(35)34-29(24-14-10-7-11-15-24)28(31(36)38-5-2)21(3)33-32(34)40-27/h6-19,29H,4-5,20H2,1-3H3/b27-19-/t29-/m1/s1. The first kappa shape index (κ1) is 27.1. The highest BCUT2D eigenvalue weighted by Crippen LogP contribution is 2.31. The lowest BCUT2D eigenvalue weighted by Gasteiger charge is -2.24. The molecular weight excluding hydrogens is 524 g/mol. The van der Waals surface area contributed by atoms with Crippen LogP contribution in [0.2, 0.25) is 0 Å². The van der Waals surface area contributed by atoms with E-state index in [1.165, 1.54) is 11.3 Å². The number of thiazole rings is 1. The van der Waals surface area contributed by atoms with Crippen LogP contribution < -0.4 is 24.4 Å². The van der Waals surface area contributed by atoms with Gasteiger partial charge in [-0.2, -0.15) is 0 Å². The Hall–Kier alpha value is -4.43. The Bertz CT molecular complexity index is 1720. The maximum absolute atomic E-state index is 13.8. The van der Waals surface area contributed by atoms with Crippen molar-refractivity contribution in [3.8, 4) is 11.5 Å².